The van der Waals surface area contributed by atoms with Crippen molar-refractivity contribution < 1.29 is 9.59 Å². The molecule has 4 N–H and O–H groups in total. The molecule has 0 radical (unpaired) electrons. The van der Waals surface area contributed by atoms with Crippen LogP contribution >= 0.6 is 0 Å². The van der Waals surface area contributed by atoms with E-state index in [-0.39, 0.29) is 18.5 Å². The average molecular weight is 319 g/mol. The number of aromatic nitrogens is 1. The standard InChI is InChI=1S/C16H25N5O2/c1-21(13-5-3-2-4-6-13)15(22)11-20-16(23)19-10-12-7-8-14(17)18-9-12/h7-9,13H,2-6,10-11H2,1H3,(H2,17,18)(H2,19,20,23). The van der Waals surface area contributed by atoms with Gasteiger partial charge in [-0.25, -0.2) is 9.78 Å². The number of amides is 3. The molecule has 0 aliphatic heterocycles. The topological polar surface area (TPSA) is 100 Å². The van der Waals surface area contributed by atoms with Crippen molar-refractivity contribution in [3.63, 3.8) is 0 Å². The van der Waals surface area contributed by atoms with Gasteiger partial charge >= 0.3 is 6.03 Å². The molecule has 126 valence electrons. The largest absolute Gasteiger partial charge is 0.384 e. The smallest absolute Gasteiger partial charge is 0.315 e. The number of carbonyl (C=O) groups is 2. The van der Waals surface area contributed by atoms with Gasteiger partial charge in [-0.2, -0.15) is 0 Å². The summed E-state index contributed by atoms with van der Waals surface area (Å²) in [5, 5.41) is 5.29. The highest BCUT2D eigenvalue weighted by Crippen LogP contribution is 2.21. The van der Waals surface area contributed by atoms with E-state index >= 15 is 0 Å². The minimum atomic E-state index is -0.368. The summed E-state index contributed by atoms with van der Waals surface area (Å²) in [7, 11) is 1.82. The molecular weight excluding hydrogens is 294 g/mol. The summed E-state index contributed by atoms with van der Waals surface area (Å²) in [4.78, 5) is 29.6. The van der Waals surface area contributed by atoms with Crippen molar-refractivity contribution in [3.8, 4) is 0 Å². The van der Waals surface area contributed by atoms with Crippen LogP contribution in [0.3, 0.4) is 0 Å². The van der Waals surface area contributed by atoms with Crippen molar-refractivity contribution in [2.45, 2.75) is 44.7 Å². The monoisotopic (exact) mass is 319 g/mol. The number of nitrogens with zero attached hydrogens (tertiary/aromatic N) is 2. The lowest BCUT2D eigenvalue weighted by molar-refractivity contribution is -0.131. The number of anilines is 1. The van der Waals surface area contributed by atoms with E-state index in [0.29, 0.717) is 18.4 Å². The number of hydrogen-bond donors (Lipinski definition) is 3. The minimum Gasteiger partial charge on any atom is -0.384 e. The summed E-state index contributed by atoms with van der Waals surface area (Å²) >= 11 is 0. The van der Waals surface area contributed by atoms with E-state index in [9.17, 15) is 9.59 Å². The molecule has 0 bridgehead atoms. The van der Waals surface area contributed by atoms with Crippen molar-refractivity contribution in [1.29, 1.82) is 0 Å². The number of urea groups is 1. The molecule has 1 aromatic heterocycles. The van der Waals surface area contributed by atoms with E-state index in [1.807, 2.05) is 7.05 Å². The first-order chi connectivity index (χ1) is 11.1. The highest BCUT2D eigenvalue weighted by atomic mass is 16.2. The zero-order valence-corrected chi connectivity index (χ0v) is 13.5. The highest BCUT2D eigenvalue weighted by molar-refractivity contribution is 5.84. The van der Waals surface area contributed by atoms with Crippen LogP contribution in [0.1, 0.15) is 37.7 Å². The molecule has 7 nitrogen and oxygen atoms in total. The molecule has 1 heterocycles. The van der Waals surface area contributed by atoms with Crippen LogP contribution in [0, 0.1) is 0 Å². The van der Waals surface area contributed by atoms with Gasteiger partial charge in [0.25, 0.3) is 0 Å². The molecule has 1 aliphatic rings. The number of hydrogen-bond acceptors (Lipinski definition) is 4. The molecule has 0 atom stereocenters. The van der Waals surface area contributed by atoms with E-state index in [4.69, 9.17) is 5.73 Å². The summed E-state index contributed by atoms with van der Waals surface area (Å²) in [6, 6.07) is 3.41. The van der Waals surface area contributed by atoms with Crippen LogP contribution in [0.4, 0.5) is 10.6 Å². The maximum absolute atomic E-state index is 12.1. The van der Waals surface area contributed by atoms with Crippen LogP contribution in [0.2, 0.25) is 0 Å². The van der Waals surface area contributed by atoms with Crippen molar-refractivity contribution >= 4 is 17.8 Å². The Morgan fingerprint density at radius 3 is 2.65 bits per heavy atom. The number of nitrogens with two attached hydrogens (primary N) is 1. The van der Waals surface area contributed by atoms with Gasteiger partial charge in [-0.3, -0.25) is 4.79 Å². The van der Waals surface area contributed by atoms with Gasteiger partial charge < -0.3 is 21.3 Å². The normalized spacial score (nSPS) is 15.0. The van der Waals surface area contributed by atoms with E-state index in [2.05, 4.69) is 15.6 Å². The van der Waals surface area contributed by atoms with Gasteiger partial charge in [0.2, 0.25) is 5.91 Å². The molecule has 0 spiro atoms. The summed E-state index contributed by atoms with van der Waals surface area (Å²) in [5.41, 5.74) is 6.35. The van der Waals surface area contributed by atoms with Crippen molar-refractivity contribution in [1.82, 2.24) is 20.5 Å². The minimum absolute atomic E-state index is 0.0127. The summed E-state index contributed by atoms with van der Waals surface area (Å²) < 4.78 is 0. The summed E-state index contributed by atoms with van der Waals surface area (Å²) in [6.45, 7) is 0.352. The van der Waals surface area contributed by atoms with E-state index in [1.165, 1.54) is 19.3 Å². The second-order valence-electron chi connectivity index (χ2n) is 5.92. The quantitative estimate of drug-likeness (QED) is 0.760. The fraction of sp³-hybridized carbons (Fsp3) is 0.562. The van der Waals surface area contributed by atoms with Gasteiger partial charge in [-0.1, -0.05) is 25.3 Å². The predicted octanol–water partition coefficient (Wildman–Crippen LogP) is 1.25. The molecule has 2 rings (SSSR count). The maximum atomic E-state index is 12.1. The van der Waals surface area contributed by atoms with Crippen LogP contribution < -0.4 is 16.4 Å². The number of rotatable bonds is 5. The number of carbonyl (C=O) groups excluding carboxylic acids is 2. The van der Waals surface area contributed by atoms with Gasteiger partial charge in [0, 0.05) is 25.8 Å². The maximum Gasteiger partial charge on any atom is 0.315 e. The predicted molar refractivity (Wildman–Crippen MR) is 88.5 cm³/mol. The third-order valence-corrected chi connectivity index (χ3v) is 4.22. The fourth-order valence-corrected chi connectivity index (χ4v) is 2.74. The molecule has 1 saturated carbocycles. The molecule has 3 amide bonds. The molecule has 1 aromatic rings. The Bertz CT molecular complexity index is 526. The zero-order valence-electron chi connectivity index (χ0n) is 13.5. The number of likely N-dealkylation sites (N-methyl/N-ethyl adjacent to an activating group) is 1. The van der Waals surface area contributed by atoms with E-state index in [1.54, 1.807) is 23.2 Å². The first kappa shape index (κ1) is 17.1. The zero-order chi connectivity index (χ0) is 16.7. The van der Waals surface area contributed by atoms with Crippen molar-refractivity contribution in [2.75, 3.05) is 19.3 Å². The van der Waals surface area contributed by atoms with Gasteiger partial charge in [-0.05, 0) is 24.5 Å². The molecular formula is C16H25N5O2. The number of nitrogens with one attached hydrogen (secondary N) is 2. The molecule has 1 aliphatic carbocycles. The Labute approximate surface area is 136 Å². The lowest BCUT2D eigenvalue weighted by atomic mass is 9.94. The van der Waals surface area contributed by atoms with Gasteiger partial charge in [-0.15, -0.1) is 0 Å². The van der Waals surface area contributed by atoms with Crippen molar-refractivity contribution in [3.05, 3.63) is 23.9 Å². The molecule has 0 unspecified atom stereocenters. The Balaban J connectivity index is 1.68. The molecule has 23 heavy (non-hydrogen) atoms. The lowest BCUT2D eigenvalue weighted by Crippen LogP contribution is -2.46. The van der Waals surface area contributed by atoms with Crippen LogP contribution in [0.15, 0.2) is 18.3 Å². The Hall–Kier alpha value is -2.31. The van der Waals surface area contributed by atoms with E-state index in [0.717, 1.165) is 18.4 Å². The summed E-state index contributed by atoms with van der Waals surface area (Å²) in [6.07, 6.45) is 7.31. The second kappa shape index (κ2) is 8.36. The number of nitrogen functional groups attached to an aromatic ring is 1. The molecule has 0 aromatic carbocycles. The Kier molecular flexibility index (Phi) is 6.19. The third-order valence-electron chi connectivity index (χ3n) is 4.22. The van der Waals surface area contributed by atoms with Crippen molar-refractivity contribution in [2.24, 2.45) is 0 Å². The van der Waals surface area contributed by atoms with Gasteiger partial charge in [0.15, 0.2) is 0 Å². The fourth-order valence-electron chi connectivity index (χ4n) is 2.74. The second-order valence-corrected chi connectivity index (χ2v) is 5.92. The third kappa shape index (κ3) is 5.43. The summed E-state index contributed by atoms with van der Waals surface area (Å²) in [5.74, 6) is 0.385. The highest BCUT2D eigenvalue weighted by Gasteiger charge is 2.21. The van der Waals surface area contributed by atoms with Gasteiger partial charge in [0.05, 0.1) is 6.54 Å². The lowest BCUT2D eigenvalue weighted by Gasteiger charge is -2.31. The first-order valence-electron chi connectivity index (χ1n) is 8.04. The molecule has 0 saturated heterocycles. The van der Waals surface area contributed by atoms with Gasteiger partial charge in [0.1, 0.15) is 5.82 Å². The number of pyridine rings is 1. The van der Waals surface area contributed by atoms with Crippen LogP contribution in [-0.4, -0.2) is 41.5 Å². The van der Waals surface area contributed by atoms with Crippen LogP contribution in [-0.2, 0) is 11.3 Å². The average Bonchev–Trinajstić information content (AvgIpc) is 2.59. The first-order valence-corrected chi connectivity index (χ1v) is 8.04. The van der Waals surface area contributed by atoms with Crippen LogP contribution in [0.5, 0.6) is 0 Å². The Morgan fingerprint density at radius 2 is 2.00 bits per heavy atom. The Morgan fingerprint density at radius 1 is 1.26 bits per heavy atom. The van der Waals surface area contributed by atoms with E-state index < -0.39 is 0 Å². The molecule has 7 heteroatoms. The molecule has 1 fully saturated rings. The SMILES string of the molecule is CN(C(=O)CNC(=O)NCc1ccc(N)nc1)C1CCCCC1. The van der Waals surface area contributed by atoms with Crippen LogP contribution in [0.25, 0.3) is 0 Å².